The summed E-state index contributed by atoms with van der Waals surface area (Å²) in [6.07, 6.45) is 5.20. The van der Waals surface area contributed by atoms with E-state index < -0.39 is 0 Å². The quantitative estimate of drug-likeness (QED) is 0.770. The highest BCUT2D eigenvalue weighted by Gasteiger charge is 2.11. The first-order valence-electron chi connectivity index (χ1n) is 5.24. The Morgan fingerprint density at radius 3 is 2.81 bits per heavy atom. The maximum absolute atomic E-state index is 6.07. The van der Waals surface area contributed by atoms with Crippen LogP contribution in [0.1, 0.15) is 24.6 Å². The van der Waals surface area contributed by atoms with Gasteiger partial charge in [-0.15, -0.1) is 0 Å². The van der Waals surface area contributed by atoms with Gasteiger partial charge in [-0.05, 0) is 19.4 Å². The lowest BCUT2D eigenvalue weighted by atomic mass is 10.2. The van der Waals surface area contributed by atoms with Gasteiger partial charge in [0.05, 0.1) is 5.69 Å². The van der Waals surface area contributed by atoms with Crippen molar-refractivity contribution in [1.82, 2.24) is 19.7 Å². The molecule has 5 heteroatoms. The van der Waals surface area contributed by atoms with Gasteiger partial charge in [0.25, 0.3) is 0 Å². The molecule has 0 saturated carbocycles. The Bertz CT molecular complexity index is 492. The van der Waals surface area contributed by atoms with E-state index in [1.54, 1.807) is 4.68 Å². The summed E-state index contributed by atoms with van der Waals surface area (Å²) in [6, 6.07) is 1.94. The summed E-state index contributed by atoms with van der Waals surface area (Å²) >= 11 is 6.07. The Hall–Kier alpha value is -1.42. The highest BCUT2D eigenvalue weighted by molar-refractivity contribution is 6.30. The molecule has 0 aliphatic rings. The lowest BCUT2D eigenvalue weighted by molar-refractivity contribution is 0.790. The predicted molar refractivity (Wildman–Crippen MR) is 62.9 cm³/mol. The molecule has 2 rings (SSSR count). The molecule has 2 aromatic heterocycles. The largest absolute Gasteiger partial charge is 0.224 e. The highest BCUT2D eigenvalue weighted by Crippen LogP contribution is 2.20. The minimum absolute atomic E-state index is 0.514. The van der Waals surface area contributed by atoms with E-state index >= 15 is 0 Å². The highest BCUT2D eigenvalue weighted by atomic mass is 35.5. The van der Waals surface area contributed by atoms with Crippen LogP contribution in [0.2, 0.25) is 5.15 Å². The molecule has 0 aliphatic carbocycles. The fraction of sp³-hybridized carbons (Fsp3) is 0.364. The smallest absolute Gasteiger partial charge is 0.161 e. The average Bonchev–Trinajstić information content (AvgIpc) is 2.68. The fourth-order valence-corrected chi connectivity index (χ4v) is 1.80. The number of hydrogen-bond acceptors (Lipinski definition) is 3. The zero-order valence-electron chi connectivity index (χ0n) is 9.31. The molecule has 0 aromatic carbocycles. The summed E-state index contributed by atoms with van der Waals surface area (Å²) in [6.45, 7) is 4.04. The molecule has 4 nitrogen and oxygen atoms in total. The first kappa shape index (κ1) is 11.1. The first-order chi connectivity index (χ1) is 7.72. The van der Waals surface area contributed by atoms with Crippen molar-refractivity contribution in [3.63, 3.8) is 0 Å². The Labute approximate surface area is 99.3 Å². The molecular weight excluding hydrogens is 224 g/mol. The van der Waals surface area contributed by atoms with Crippen LogP contribution in [0.25, 0.3) is 5.82 Å². The van der Waals surface area contributed by atoms with Crippen molar-refractivity contribution < 1.29 is 0 Å². The second-order valence-electron chi connectivity index (χ2n) is 3.62. The van der Waals surface area contributed by atoms with Gasteiger partial charge in [0.1, 0.15) is 11.5 Å². The molecule has 0 unspecified atom stereocenters. The molecule has 0 bridgehead atoms. The number of halogens is 1. The van der Waals surface area contributed by atoms with Crippen LogP contribution in [0.5, 0.6) is 0 Å². The topological polar surface area (TPSA) is 43.6 Å². The number of rotatable bonds is 3. The van der Waals surface area contributed by atoms with Crippen LogP contribution in [0.4, 0.5) is 0 Å². The van der Waals surface area contributed by atoms with Gasteiger partial charge < -0.3 is 0 Å². The van der Waals surface area contributed by atoms with E-state index in [0.29, 0.717) is 5.15 Å². The molecule has 0 N–H and O–H groups in total. The van der Waals surface area contributed by atoms with Crippen molar-refractivity contribution in [3.8, 4) is 5.82 Å². The molecule has 0 aliphatic heterocycles. The van der Waals surface area contributed by atoms with Crippen molar-refractivity contribution in [2.24, 2.45) is 0 Å². The number of hydrogen-bond donors (Lipinski definition) is 0. The molecule has 16 heavy (non-hydrogen) atoms. The van der Waals surface area contributed by atoms with Gasteiger partial charge in [0.2, 0.25) is 0 Å². The second-order valence-corrected chi connectivity index (χ2v) is 3.98. The Morgan fingerprint density at radius 2 is 2.19 bits per heavy atom. The molecule has 2 heterocycles. The standard InChI is InChI=1S/C11H13ClN4/c1-3-4-9-10(12)13-7-14-11(9)16-6-5-8(2)15-16/h5-7H,3-4H2,1-2H3. The lowest BCUT2D eigenvalue weighted by Gasteiger charge is -2.08. The van der Waals surface area contributed by atoms with E-state index in [0.717, 1.165) is 29.9 Å². The van der Waals surface area contributed by atoms with Crippen LogP contribution in [-0.2, 0) is 6.42 Å². The summed E-state index contributed by atoms with van der Waals surface area (Å²) in [5.74, 6) is 0.773. The SMILES string of the molecule is CCCc1c(Cl)ncnc1-n1ccc(C)n1. The normalized spacial score (nSPS) is 10.7. The average molecular weight is 237 g/mol. The molecule has 2 aromatic rings. The summed E-state index contributed by atoms with van der Waals surface area (Å²) in [4.78, 5) is 8.25. The fourth-order valence-electron chi connectivity index (χ4n) is 1.58. The van der Waals surface area contributed by atoms with Gasteiger partial charge in [-0.2, -0.15) is 5.10 Å². The third kappa shape index (κ3) is 2.07. The van der Waals surface area contributed by atoms with Crippen molar-refractivity contribution in [2.75, 3.05) is 0 Å². The van der Waals surface area contributed by atoms with Crippen molar-refractivity contribution >= 4 is 11.6 Å². The zero-order valence-corrected chi connectivity index (χ0v) is 10.1. The molecule has 0 saturated heterocycles. The number of aromatic nitrogens is 4. The minimum Gasteiger partial charge on any atom is -0.224 e. The van der Waals surface area contributed by atoms with Gasteiger partial charge in [-0.25, -0.2) is 14.6 Å². The predicted octanol–water partition coefficient (Wildman–Crippen LogP) is 2.58. The van der Waals surface area contributed by atoms with Crippen molar-refractivity contribution in [3.05, 3.63) is 35.0 Å². The maximum Gasteiger partial charge on any atom is 0.161 e. The van der Waals surface area contributed by atoms with Crippen LogP contribution >= 0.6 is 11.6 Å². The lowest BCUT2D eigenvalue weighted by Crippen LogP contribution is -2.05. The third-order valence-corrected chi connectivity index (χ3v) is 2.64. The minimum atomic E-state index is 0.514. The van der Waals surface area contributed by atoms with E-state index in [-0.39, 0.29) is 0 Å². The summed E-state index contributed by atoms with van der Waals surface area (Å²) < 4.78 is 1.74. The van der Waals surface area contributed by atoms with Crippen LogP contribution in [-0.4, -0.2) is 19.7 Å². The molecule has 0 atom stereocenters. The van der Waals surface area contributed by atoms with E-state index in [4.69, 9.17) is 11.6 Å². The van der Waals surface area contributed by atoms with E-state index in [2.05, 4.69) is 22.0 Å². The van der Waals surface area contributed by atoms with Crippen molar-refractivity contribution in [2.45, 2.75) is 26.7 Å². The third-order valence-electron chi connectivity index (χ3n) is 2.31. The van der Waals surface area contributed by atoms with Gasteiger partial charge >= 0.3 is 0 Å². The monoisotopic (exact) mass is 236 g/mol. The molecule has 0 radical (unpaired) electrons. The molecule has 0 fully saturated rings. The van der Waals surface area contributed by atoms with Gasteiger partial charge in [0.15, 0.2) is 5.82 Å². The van der Waals surface area contributed by atoms with Crippen LogP contribution in [0.3, 0.4) is 0 Å². The Balaban J connectivity index is 2.51. The maximum atomic E-state index is 6.07. The molecule has 84 valence electrons. The van der Waals surface area contributed by atoms with Crippen molar-refractivity contribution in [1.29, 1.82) is 0 Å². The van der Waals surface area contributed by atoms with Crippen LogP contribution in [0, 0.1) is 6.92 Å². The van der Waals surface area contributed by atoms with E-state index in [9.17, 15) is 0 Å². The molecule has 0 spiro atoms. The Morgan fingerprint density at radius 1 is 1.38 bits per heavy atom. The second kappa shape index (κ2) is 4.61. The zero-order chi connectivity index (χ0) is 11.5. The summed E-state index contributed by atoms with van der Waals surface area (Å²) in [7, 11) is 0. The van der Waals surface area contributed by atoms with Crippen LogP contribution < -0.4 is 0 Å². The van der Waals surface area contributed by atoms with Gasteiger partial charge in [-0.1, -0.05) is 24.9 Å². The molecule has 0 amide bonds. The Kier molecular flexibility index (Phi) is 3.19. The first-order valence-corrected chi connectivity index (χ1v) is 5.62. The van der Waals surface area contributed by atoms with E-state index in [1.165, 1.54) is 6.33 Å². The van der Waals surface area contributed by atoms with Gasteiger partial charge in [0, 0.05) is 11.8 Å². The molecular formula is C11H13ClN4. The van der Waals surface area contributed by atoms with E-state index in [1.807, 2.05) is 19.2 Å². The summed E-state index contributed by atoms with van der Waals surface area (Å²) in [5.41, 5.74) is 1.91. The van der Waals surface area contributed by atoms with Crippen LogP contribution in [0.15, 0.2) is 18.6 Å². The number of nitrogens with zero attached hydrogens (tertiary/aromatic N) is 4. The number of aryl methyl sites for hydroxylation is 1. The van der Waals surface area contributed by atoms with Gasteiger partial charge in [-0.3, -0.25) is 0 Å². The summed E-state index contributed by atoms with van der Waals surface area (Å²) in [5, 5.41) is 4.85.